The smallest absolute Gasteiger partial charge is 0.307 e. The second-order valence-electron chi connectivity index (χ2n) is 5.41. The Balaban J connectivity index is 0.000000577. The third kappa shape index (κ3) is 14.8. The second kappa shape index (κ2) is 16.9. The van der Waals surface area contributed by atoms with Crippen molar-refractivity contribution in [2.24, 2.45) is 0 Å². The van der Waals surface area contributed by atoms with Crippen LogP contribution in [0.4, 0.5) is 4.39 Å². The van der Waals surface area contributed by atoms with Crippen LogP contribution in [0.2, 0.25) is 0 Å². The number of methoxy groups -OCH3 is 2. The van der Waals surface area contributed by atoms with Gasteiger partial charge in [0, 0.05) is 7.11 Å². The molecule has 0 unspecified atom stereocenters. The van der Waals surface area contributed by atoms with E-state index >= 15 is 0 Å². The van der Waals surface area contributed by atoms with Crippen LogP contribution >= 0.6 is 0 Å². The summed E-state index contributed by atoms with van der Waals surface area (Å²) in [5, 5.41) is 0. The predicted molar refractivity (Wildman–Crippen MR) is 96.8 cm³/mol. The molecule has 6 nitrogen and oxygen atoms in total. The molecule has 0 aliphatic carbocycles. The monoisotopic (exact) mass is 374 g/mol. The van der Waals surface area contributed by atoms with E-state index in [1.165, 1.54) is 13.2 Å². The van der Waals surface area contributed by atoms with Crippen LogP contribution in [0.5, 0.6) is 0 Å². The maximum Gasteiger partial charge on any atom is 0.307 e. The van der Waals surface area contributed by atoms with Gasteiger partial charge in [-0.1, -0.05) is 12.1 Å². The molecule has 0 bridgehead atoms. The van der Waals surface area contributed by atoms with E-state index in [1.807, 2.05) is 13.0 Å². The molecule has 0 aromatic heterocycles. The zero-order valence-corrected chi connectivity index (χ0v) is 16.2. The first kappa shape index (κ1) is 24.5. The van der Waals surface area contributed by atoms with Gasteiger partial charge >= 0.3 is 5.97 Å². The largest absolute Gasteiger partial charge is 0.469 e. The van der Waals surface area contributed by atoms with Gasteiger partial charge in [-0.15, -0.1) is 0 Å². The Labute approximate surface area is 155 Å². The molecule has 0 N–H and O–H groups in total. The van der Waals surface area contributed by atoms with E-state index in [9.17, 15) is 9.18 Å². The molecule has 1 rings (SSSR count). The maximum atomic E-state index is 12.6. The normalized spacial score (nSPS) is 10.2. The molecule has 0 fully saturated rings. The highest BCUT2D eigenvalue weighted by Crippen LogP contribution is 2.06. The highest BCUT2D eigenvalue weighted by atomic mass is 19.1. The molecule has 0 saturated heterocycles. The molecular weight excluding hydrogens is 343 g/mol. The zero-order valence-electron chi connectivity index (χ0n) is 16.2. The SMILES string of the molecule is COCCOCCOCCOCCC(=O)OC.Cc1ccc(C)c(F)c1. The summed E-state index contributed by atoms with van der Waals surface area (Å²) in [5.41, 5.74) is 1.68. The van der Waals surface area contributed by atoms with Gasteiger partial charge in [-0.2, -0.15) is 0 Å². The van der Waals surface area contributed by atoms with Crippen molar-refractivity contribution in [3.05, 3.63) is 35.1 Å². The van der Waals surface area contributed by atoms with Crippen molar-refractivity contribution >= 4 is 5.97 Å². The molecule has 26 heavy (non-hydrogen) atoms. The van der Waals surface area contributed by atoms with Crippen molar-refractivity contribution in [2.45, 2.75) is 20.3 Å². The van der Waals surface area contributed by atoms with Gasteiger partial charge in [-0.3, -0.25) is 4.79 Å². The highest BCUT2D eigenvalue weighted by Gasteiger charge is 1.99. The summed E-state index contributed by atoms with van der Waals surface area (Å²) in [6, 6.07) is 5.22. The van der Waals surface area contributed by atoms with Crippen LogP contribution in [0, 0.1) is 19.7 Å². The Morgan fingerprint density at radius 1 is 0.885 bits per heavy atom. The Bertz CT molecular complexity index is 481. The van der Waals surface area contributed by atoms with Crippen molar-refractivity contribution in [1.82, 2.24) is 0 Å². The van der Waals surface area contributed by atoms with Gasteiger partial charge < -0.3 is 23.7 Å². The van der Waals surface area contributed by atoms with Gasteiger partial charge in [0.2, 0.25) is 0 Å². The number of benzene rings is 1. The lowest BCUT2D eigenvalue weighted by Gasteiger charge is -2.06. The molecule has 0 heterocycles. The van der Waals surface area contributed by atoms with Crippen LogP contribution in [-0.2, 0) is 28.5 Å². The summed E-state index contributed by atoms with van der Waals surface area (Å²) in [7, 11) is 2.99. The lowest BCUT2D eigenvalue weighted by Crippen LogP contribution is -2.12. The first-order valence-electron chi connectivity index (χ1n) is 8.53. The Hall–Kier alpha value is -1.54. The molecule has 1 aromatic rings. The molecule has 1 aromatic carbocycles. The fourth-order valence-electron chi connectivity index (χ4n) is 1.64. The topological polar surface area (TPSA) is 63.2 Å². The highest BCUT2D eigenvalue weighted by molar-refractivity contribution is 5.69. The lowest BCUT2D eigenvalue weighted by molar-refractivity contribution is -0.141. The number of carbonyl (C=O) groups is 1. The van der Waals surface area contributed by atoms with Crippen LogP contribution in [0.3, 0.4) is 0 Å². The van der Waals surface area contributed by atoms with Gasteiger partial charge in [0.15, 0.2) is 0 Å². The second-order valence-corrected chi connectivity index (χ2v) is 5.41. The van der Waals surface area contributed by atoms with E-state index in [1.54, 1.807) is 20.1 Å². The Morgan fingerprint density at radius 3 is 1.88 bits per heavy atom. The third-order valence-electron chi connectivity index (χ3n) is 3.18. The minimum Gasteiger partial charge on any atom is -0.469 e. The van der Waals surface area contributed by atoms with E-state index in [0.717, 1.165) is 5.56 Å². The number of halogens is 1. The molecule has 7 heteroatoms. The summed E-state index contributed by atoms with van der Waals surface area (Å²) < 4.78 is 37.5. The summed E-state index contributed by atoms with van der Waals surface area (Å²) in [6.45, 7) is 7.21. The first-order valence-corrected chi connectivity index (χ1v) is 8.53. The Kier molecular flexibility index (Phi) is 15.9. The fourth-order valence-corrected chi connectivity index (χ4v) is 1.64. The molecule has 0 spiro atoms. The minimum atomic E-state index is -0.266. The maximum absolute atomic E-state index is 12.6. The molecule has 150 valence electrons. The fraction of sp³-hybridized carbons (Fsp3) is 0.632. The van der Waals surface area contributed by atoms with Crippen molar-refractivity contribution in [3.63, 3.8) is 0 Å². The number of aryl methyl sites for hydroxylation is 2. The van der Waals surface area contributed by atoms with Crippen LogP contribution in [0.25, 0.3) is 0 Å². The molecule has 0 atom stereocenters. The number of carbonyl (C=O) groups excluding carboxylic acids is 1. The van der Waals surface area contributed by atoms with E-state index in [0.29, 0.717) is 51.8 Å². The standard InChI is InChI=1S/C11H22O6.C8H9F/c1-13-5-6-16-9-10-17-8-7-15-4-3-11(12)14-2;1-6-3-4-7(2)8(9)5-6/h3-10H2,1-2H3;3-5H,1-2H3. The van der Waals surface area contributed by atoms with Gasteiger partial charge in [-0.05, 0) is 31.0 Å². The van der Waals surface area contributed by atoms with Crippen molar-refractivity contribution in [1.29, 1.82) is 0 Å². The van der Waals surface area contributed by atoms with Gasteiger partial charge in [0.1, 0.15) is 5.82 Å². The van der Waals surface area contributed by atoms with E-state index in [4.69, 9.17) is 18.9 Å². The average Bonchev–Trinajstić information content (AvgIpc) is 2.63. The zero-order chi connectivity index (χ0) is 19.6. The predicted octanol–water partition coefficient (Wildman–Crippen LogP) is 2.69. The quantitative estimate of drug-likeness (QED) is 0.414. The molecule has 0 saturated carbocycles. The number of hydrogen-bond donors (Lipinski definition) is 0. The van der Waals surface area contributed by atoms with Crippen molar-refractivity contribution < 1.29 is 32.9 Å². The molecular formula is C19H31FO6. The molecule has 0 amide bonds. The van der Waals surface area contributed by atoms with Gasteiger partial charge in [0.25, 0.3) is 0 Å². The number of hydrogen-bond acceptors (Lipinski definition) is 6. The molecule has 0 aliphatic heterocycles. The summed E-state index contributed by atoms with van der Waals surface area (Å²) >= 11 is 0. The van der Waals surface area contributed by atoms with Gasteiger partial charge in [-0.25, -0.2) is 4.39 Å². The number of rotatable bonds is 12. The van der Waals surface area contributed by atoms with E-state index < -0.39 is 0 Å². The van der Waals surface area contributed by atoms with E-state index in [2.05, 4.69) is 4.74 Å². The third-order valence-corrected chi connectivity index (χ3v) is 3.18. The lowest BCUT2D eigenvalue weighted by atomic mass is 10.2. The summed E-state index contributed by atoms with van der Waals surface area (Å²) in [5.74, 6) is -0.382. The summed E-state index contributed by atoms with van der Waals surface area (Å²) in [6.07, 6.45) is 0.274. The molecule has 0 radical (unpaired) electrons. The van der Waals surface area contributed by atoms with E-state index in [-0.39, 0.29) is 18.2 Å². The first-order chi connectivity index (χ1) is 12.5. The molecule has 0 aliphatic rings. The number of ether oxygens (including phenoxy) is 5. The van der Waals surface area contributed by atoms with Crippen LogP contribution in [0.1, 0.15) is 17.5 Å². The summed E-state index contributed by atoms with van der Waals surface area (Å²) in [4.78, 5) is 10.7. The number of esters is 1. The average molecular weight is 374 g/mol. The van der Waals surface area contributed by atoms with Gasteiger partial charge in [0.05, 0.1) is 59.8 Å². The van der Waals surface area contributed by atoms with Crippen LogP contribution in [-0.4, -0.2) is 66.4 Å². The Morgan fingerprint density at radius 2 is 1.42 bits per heavy atom. The van der Waals surface area contributed by atoms with Crippen molar-refractivity contribution in [2.75, 3.05) is 60.5 Å². The van der Waals surface area contributed by atoms with Crippen LogP contribution < -0.4 is 0 Å². The van der Waals surface area contributed by atoms with Crippen LogP contribution in [0.15, 0.2) is 18.2 Å². The minimum absolute atomic E-state index is 0.116. The van der Waals surface area contributed by atoms with Crippen molar-refractivity contribution in [3.8, 4) is 0 Å².